The van der Waals surface area contributed by atoms with Crippen molar-refractivity contribution in [1.29, 1.82) is 5.41 Å². The Morgan fingerprint density at radius 3 is 1.75 bits per heavy atom. The number of terminal acetylenes is 1. The lowest BCUT2D eigenvalue weighted by Crippen LogP contribution is -2.33. The van der Waals surface area contributed by atoms with E-state index in [0.717, 1.165) is 86.8 Å². The second-order valence-electron chi connectivity index (χ2n) is 13.7. The molecule has 2 heterocycles. The molecule has 312 valence electrons. The summed E-state index contributed by atoms with van der Waals surface area (Å²) in [7, 11) is 0. The van der Waals surface area contributed by atoms with Crippen LogP contribution in [0.1, 0.15) is 211 Å². The summed E-state index contributed by atoms with van der Waals surface area (Å²) in [6.07, 6.45) is 26.7. The van der Waals surface area contributed by atoms with Crippen LogP contribution in [0.5, 0.6) is 0 Å². The first-order valence-electron chi connectivity index (χ1n) is 21.3. The monoisotopic (exact) mass is 738 g/mol. The number of imidazole rings is 1. The summed E-state index contributed by atoms with van der Waals surface area (Å²) in [4.78, 5) is 17.9. The van der Waals surface area contributed by atoms with Crippen LogP contribution in [0, 0.1) is 48.9 Å². The predicted molar refractivity (Wildman–Crippen MR) is 235 cm³/mol. The summed E-state index contributed by atoms with van der Waals surface area (Å²) in [6, 6.07) is 0.121. The molecule has 1 aliphatic rings. The number of nitrogens with two attached hydrogens (primary N) is 1. The second-order valence-corrected chi connectivity index (χ2v) is 13.7. The highest BCUT2D eigenvalue weighted by molar-refractivity contribution is 5.78. The van der Waals surface area contributed by atoms with Gasteiger partial charge in [-0.25, -0.2) is 4.98 Å². The average molecular weight is 738 g/mol. The fourth-order valence-electron chi connectivity index (χ4n) is 4.02. The fraction of sp³-hybridized carbons (Fsp3) is 0.844. The summed E-state index contributed by atoms with van der Waals surface area (Å²) in [6.45, 7) is 36.6. The predicted octanol–water partition coefficient (Wildman–Crippen LogP) is 13.3. The molecule has 1 fully saturated rings. The van der Waals surface area contributed by atoms with Crippen molar-refractivity contribution in [2.45, 2.75) is 207 Å². The molecule has 0 aliphatic carbocycles. The number of carbonyl (C=O) groups is 1. The van der Waals surface area contributed by atoms with Crippen LogP contribution in [0.25, 0.3) is 0 Å². The third-order valence-corrected chi connectivity index (χ3v) is 8.52. The van der Waals surface area contributed by atoms with E-state index in [1.807, 2.05) is 47.7 Å². The first kappa shape index (κ1) is 61.8. The van der Waals surface area contributed by atoms with Gasteiger partial charge >= 0.3 is 0 Å². The van der Waals surface area contributed by atoms with E-state index in [1.165, 1.54) is 57.8 Å². The van der Waals surface area contributed by atoms with Gasteiger partial charge in [0.25, 0.3) is 0 Å². The third kappa shape index (κ3) is 52.2. The van der Waals surface area contributed by atoms with Crippen molar-refractivity contribution in [2.75, 3.05) is 19.8 Å². The molecule has 5 unspecified atom stereocenters. The van der Waals surface area contributed by atoms with E-state index in [1.54, 1.807) is 6.92 Å². The van der Waals surface area contributed by atoms with Gasteiger partial charge in [-0.2, -0.15) is 0 Å². The molecule has 1 aromatic heterocycles. The molecule has 0 saturated carbocycles. The van der Waals surface area contributed by atoms with Crippen molar-refractivity contribution in [3.8, 4) is 12.8 Å². The number of rotatable bonds is 17. The highest BCUT2D eigenvalue weighted by atomic mass is 16.5. The summed E-state index contributed by atoms with van der Waals surface area (Å²) < 4.78 is 5.34. The Balaban J connectivity index is -0.000000127. The fourth-order valence-corrected chi connectivity index (χ4v) is 4.02. The molecule has 0 bridgehead atoms. The molecule has 2 rings (SSSR count). The molecular weight excluding hydrogens is 643 g/mol. The van der Waals surface area contributed by atoms with Crippen LogP contribution in [0.2, 0.25) is 0 Å². The highest BCUT2D eigenvalue weighted by Crippen LogP contribution is 2.18. The molecule has 7 heteroatoms. The third-order valence-electron chi connectivity index (χ3n) is 8.52. The Morgan fingerprint density at radius 2 is 1.40 bits per heavy atom. The lowest BCUT2D eigenvalue weighted by atomic mass is 9.99. The van der Waals surface area contributed by atoms with Crippen molar-refractivity contribution in [2.24, 2.45) is 29.4 Å². The van der Waals surface area contributed by atoms with Crippen LogP contribution in [-0.4, -0.2) is 41.3 Å². The Labute approximate surface area is 327 Å². The zero-order valence-electron chi connectivity index (χ0n) is 38.0. The molecule has 52 heavy (non-hydrogen) atoms. The quantitative estimate of drug-likeness (QED) is 0.0723. The van der Waals surface area contributed by atoms with Crippen molar-refractivity contribution < 1.29 is 9.53 Å². The summed E-state index contributed by atoms with van der Waals surface area (Å²) >= 11 is 0. The van der Waals surface area contributed by atoms with E-state index in [2.05, 4.69) is 90.4 Å². The van der Waals surface area contributed by atoms with E-state index in [4.69, 9.17) is 15.9 Å². The average Bonchev–Trinajstić information content (AvgIpc) is 3.62. The van der Waals surface area contributed by atoms with Gasteiger partial charge in [-0.15, -0.1) is 12.8 Å². The normalized spacial score (nSPS) is 14.7. The maximum absolute atomic E-state index is 10.5. The Hall–Kier alpha value is -2.17. The number of nitrogens with one attached hydrogen (secondary N) is 3. The summed E-state index contributed by atoms with van der Waals surface area (Å²) in [5.74, 6) is 4.35. The smallest absolute Gasteiger partial charge is 0.220 e. The largest absolute Gasteiger partial charge is 0.381 e. The van der Waals surface area contributed by atoms with Crippen LogP contribution in [0.4, 0.5) is 0 Å². The Morgan fingerprint density at radius 1 is 0.904 bits per heavy atom. The molecule has 0 aromatic carbocycles. The number of aromatic amines is 1. The van der Waals surface area contributed by atoms with Gasteiger partial charge in [0.1, 0.15) is 5.82 Å². The molecule has 1 amide bonds. The zero-order valence-corrected chi connectivity index (χ0v) is 38.0. The van der Waals surface area contributed by atoms with Crippen LogP contribution >= 0.6 is 0 Å². The minimum Gasteiger partial charge on any atom is -0.381 e. The van der Waals surface area contributed by atoms with E-state index in [9.17, 15) is 4.79 Å². The van der Waals surface area contributed by atoms with Crippen LogP contribution in [-0.2, 0) is 9.53 Å². The molecule has 1 saturated heterocycles. The van der Waals surface area contributed by atoms with Crippen molar-refractivity contribution in [1.82, 2.24) is 15.3 Å². The number of carbonyl (C=O) groups excluding carboxylic acids is 1. The van der Waals surface area contributed by atoms with Crippen LogP contribution in [0.3, 0.4) is 0 Å². The first-order chi connectivity index (χ1) is 24.8. The van der Waals surface area contributed by atoms with E-state index in [0.29, 0.717) is 5.92 Å². The first-order valence-corrected chi connectivity index (χ1v) is 21.3. The van der Waals surface area contributed by atoms with Gasteiger partial charge in [0.05, 0.1) is 5.69 Å². The number of ether oxygens (including phenoxy) is 1. The minimum atomic E-state index is 0.121. The van der Waals surface area contributed by atoms with Crippen LogP contribution < -0.4 is 11.1 Å². The molecule has 1 aromatic rings. The van der Waals surface area contributed by atoms with Crippen molar-refractivity contribution in [3.63, 3.8) is 0 Å². The molecule has 0 spiro atoms. The zero-order chi connectivity index (χ0) is 41.8. The van der Waals surface area contributed by atoms with E-state index in [-0.39, 0.29) is 11.9 Å². The lowest BCUT2D eigenvalue weighted by Gasteiger charge is -2.17. The van der Waals surface area contributed by atoms with Gasteiger partial charge in [0.15, 0.2) is 0 Å². The van der Waals surface area contributed by atoms with Crippen molar-refractivity contribution >= 4 is 11.6 Å². The van der Waals surface area contributed by atoms with Crippen molar-refractivity contribution in [3.05, 3.63) is 17.7 Å². The van der Waals surface area contributed by atoms with Gasteiger partial charge in [0, 0.05) is 44.1 Å². The van der Waals surface area contributed by atoms with Gasteiger partial charge in [-0.1, -0.05) is 155 Å². The SMILES string of the molecule is C#C.CC.CC.CC1CCC(=O)NC1.CCC(C)=N.CCC(C)CCCC(N)c1cnc(C)[nH]1.CCCCCC(C)CC.CCCOCC(C)CC. The summed E-state index contributed by atoms with van der Waals surface area (Å²) in [5.41, 5.74) is 7.89. The Kier molecular flexibility index (Phi) is 60.6. The number of hydrogen-bond donors (Lipinski definition) is 4. The second kappa shape index (κ2) is 50.9. The van der Waals surface area contributed by atoms with Gasteiger partial charge in [-0.05, 0) is 63.2 Å². The number of hydrogen-bond acceptors (Lipinski definition) is 5. The Bertz CT molecular complexity index is 813. The van der Waals surface area contributed by atoms with Gasteiger partial charge in [0.2, 0.25) is 5.91 Å². The lowest BCUT2D eigenvalue weighted by molar-refractivity contribution is -0.122. The van der Waals surface area contributed by atoms with Gasteiger partial charge < -0.3 is 26.2 Å². The molecule has 7 nitrogen and oxygen atoms in total. The number of aryl methyl sites for hydroxylation is 1. The number of unbranched alkanes of at least 4 members (excludes halogenated alkanes) is 2. The van der Waals surface area contributed by atoms with Crippen LogP contribution in [0.15, 0.2) is 6.20 Å². The number of piperidine rings is 1. The molecule has 0 radical (unpaired) electrons. The van der Waals surface area contributed by atoms with Gasteiger partial charge in [-0.3, -0.25) is 4.79 Å². The highest BCUT2D eigenvalue weighted by Gasteiger charge is 2.12. The van der Waals surface area contributed by atoms with E-state index < -0.39 is 0 Å². The molecular formula is C45H95N5O2. The molecule has 1 aliphatic heterocycles. The minimum absolute atomic E-state index is 0.121. The number of nitrogens with zero attached hydrogens (tertiary/aromatic N) is 1. The maximum Gasteiger partial charge on any atom is 0.220 e. The standard InChI is InChI=1S/C12H23N3.C9H20.C8H18O.C6H11NO.C4H9N.2C2H6.C2H2/c1-4-9(2)6-5-7-11(13)12-8-14-10(3)15-12;1-4-6-7-8-9(3)5-2;1-4-6-9-7-8(3)5-2;1-5-2-3-6(8)7-4-5;1-3-4(2)5;3*1-2/h8-9,11H,4-7,13H2,1-3H3,(H,14,15);9H,4-8H2,1-3H3;8H,4-7H2,1-3H3;5H,2-4H2,1H3,(H,7,8);5H,3H2,1-2H3;2*1-2H3;1-2H. The molecule has 5 atom stereocenters. The number of amides is 1. The number of aromatic nitrogens is 2. The number of H-pyrrole nitrogens is 1. The maximum atomic E-state index is 10.5. The molecule has 5 N–H and O–H groups in total. The topological polar surface area (TPSA) is 117 Å². The van der Waals surface area contributed by atoms with E-state index >= 15 is 0 Å². The summed E-state index contributed by atoms with van der Waals surface area (Å²) in [5, 5.41) is 9.54.